The standard InChI is InChI=1S/C19H30N6.HI/c1-6-15-7-9-16(10-8-15)18(24(3)4)14-22-19(20-2)21-13-17-11-12-23-25(17)5;/h7-12,18H,6,13-14H2,1-5H3,(H2,20,21,22);1H. The highest BCUT2D eigenvalue weighted by atomic mass is 127. The van der Waals surface area contributed by atoms with Crippen LogP contribution >= 0.6 is 24.0 Å². The quantitative estimate of drug-likeness (QED) is 0.371. The van der Waals surface area contributed by atoms with Crippen LogP contribution in [0.15, 0.2) is 41.5 Å². The van der Waals surface area contributed by atoms with Crippen LogP contribution in [0.4, 0.5) is 0 Å². The van der Waals surface area contributed by atoms with Crippen molar-refractivity contribution in [2.24, 2.45) is 12.0 Å². The summed E-state index contributed by atoms with van der Waals surface area (Å²) in [6.07, 6.45) is 2.87. The highest BCUT2D eigenvalue weighted by Gasteiger charge is 2.14. The van der Waals surface area contributed by atoms with Gasteiger partial charge >= 0.3 is 0 Å². The van der Waals surface area contributed by atoms with E-state index in [2.05, 4.69) is 70.9 Å². The van der Waals surface area contributed by atoms with Crippen LogP contribution < -0.4 is 10.6 Å². The van der Waals surface area contributed by atoms with Crippen LogP contribution in [-0.2, 0) is 20.0 Å². The van der Waals surface area contributed by atoms with E-state index >= 15 is 0 Å². The second-order valence-corrected chi connectivity index (χ2v) is 6.33. The van der Waals surface area contributed by atoms with E-state index in [0.717, 1.165) is 24.6 Å². The van der Waals surface area contributed by atoms with Gasteiger partial charge in [-0.05, 0) is 37.7 Å². The Bertz CT molecular complexity index is 678. The van der Waals surface area contributed by atoms with Crippen molar-refractivity contribution in [3.63, 3.8) is 0 Å². The molecule has 2 aromatic rings. The molecule has 7 heteroatoms. The Morgan fingerprint density at radius 1 is 1.19 bits per heavy atom. The van der Waals surface area contributed by atoms with Crippen molar-refractivity contribution >= 4 is 29.9 Å². The number of likely N-dealkylation sites (N-methyl/N-ethyl adjacent to an activating group) is 1. The van der Waals surface area contributed by atoms with E-state index in [0.29, 0.717) is 6.54 Å². The molecule has 0 bridgehead atoms. The van der Waals surface area contributed by atoms with Gasteiger partial charge in [0.05, 0.1) is 18.3 Å². The van der Waals surface area contributed by atoms with Gasteiger partial charge in [0.1, 0.15) is 0 Å². The van der Waals surface area contributed by atoms with Gasteiger partial charge in [-0.25, -0.2) is 0 Å². The van der Waals surface area contributed by atoms with Crippen molar-refractivity contribution in [3.8, 4) is 0 Å². The maximum atomic E-state index is 4.32. The molecule has 144 valence electrons. The molecule has 0 radical (unpaired) electrons. The van der Waals surface area contributed by atoms with Crippen molar-refractivity contribution in [1.82, 2.24) is 25.3 Å². The number of nitrogens with zero attached hydrogens (tertiary/aromatic N) is 4. The summed E-state index contributed by atoms with van der Waals surface area (Å²) >= 11 is 0. The highest BCUT2D eigenvalue weighted by Crippen LogP contribution is 2.18. The topological polar surface area (TPSA) is 57.5 Å². The van der Waals surface area contributed by atoms with Crippen molar-refractivity contribution in [3.05, 3.63) is 53.3 Å². The Balaban J connectivity index is 0.00000338. The fourth-order valence-corrected chi connectivity index (χ4v) is 2.74. The first-order valence-corrected chi connectivity index (χ1v) is 8.71. The molecule has 0 spiro atoms. The number of nitrogens with one attached hydrogen (secondary N) is 2. The summed E-state index contributed by atoms with van der Waals surface area (Å²) < 4.78 is 1.86. The minimum atomic E-state index is 0. The Morgan fingerprint density at radius 3 is 2.38 bits per heavy atom. The molecule has 0 saturated carbocycles. The van der Waals surface area contributed by atoms with Crippen LogP contribution in [0.3, 0.4) is 0 Å². The van der Waals surface area contributed by atoms with E-state index in [9.17, 15) is 0 Å². The number of guanidine groups is 1. The number of hydrogen-bond acceptors (Lipinski definition) is 3. The molecule has 0 saturated heterocycles. The number of aryl methyl sites for hydroxylation is 2. The largest absolute Gasteiger partial charge is 0.354 e. The predicted molar refractivity (Wildman–Crippen MR) is 119 cm³/mol. The van der Waals surface area contributed by atoms with Crippen molar-refractivity contribution in [2.75, 3.05) is 27.7 Å². The zero-order valence-electron chi connectivity index (χ0n) is 16.4. The number of benzene rings is 1. The molecular weight excluding hydrogens is 439 g/mol. The molecule has 6 nitrogen and oxygen atoms in total. The summed E-state index contributed by atoms with van der Waals surface area (Å²) in [5.74, 6) is 0.790. The molecule has 1 heterocycles. The van der Waals surface area contributed by atoms with Crippen molar-refractivity contribution < 1.29 is 0 Å². The molecule has 1 unspecified atom stereocenters. The minimum Gasteiger partial charge on any atom is -0.354 e. The first kappa shape index (κ1) is 22.4. The lowest BCUT2D eigenvalue weighted by molar-refractivity contribution is 0.298. The van der Waals surface area contributed by atoms with Crippen LogP contribution in [-0.4, -0.2) is 48.3 Å². The molecule has 0 aliphatic rings. The number of aromatic nitrogens is 2. The molecule has 26 heavy (non-hydrogen) atoms. The van der Waals surface area contributed by atoms with E-state index in [-0.39, 0.29) is 30.0 Å². The number of hydrogen-bond donors (Lipinski definition) is 2. The number of aliphatic imine (C=N–C) groups is 1. The van der Waals surface area contributed by atoms with E-state index < -0.39 is 0 Å². The Hall–Kier alpha value is -1.61. The van der Waals surface area contributed by atoms with Gasteiger partial charge in [0, 0.05) is 26.8 Å². The van der Waals surface area contributed by atoms with Gasteiger partial charge in [0.2, 0.25) is 0 Å². The second-order valence-electron chi connectivity index (χ2n) is 6.33. The molecule has 0 amide bonds. The maximum Gasteiger partial charge on any atom is 0.191 e. The fraction of sp³-hybridized carbons (Fsp3) is 0.474. The van der Waals surface area contributed by atoms with E-state index in [1.807, 2.05) is 17.8 Å². The summed E-state index contributed by atoms with van der Waals surface area (Å²) in [5, 5.41) is 10.9. The predicted octanol–water partition coefficient (Wildman–Crippen LogP) is 2.57. The highest BCUT2D eigenvalue weighted by molar-refractivity contribution is 14.0. The van der Waals surface area contributed by atoms with Gasteiger partial charge in [0.15, 0.2) is 5.96 Å². The van der Waals surface area contributed by atoms with Crippen LogP contribution in [0.2, 0.25) is 0 Å². The summed E-state index contributed by atoms with van der Waals surface area (Å²) in [6.45, 7) is 3.65. The van der Waals surface area contributed by atoms with Crippen molar-refractivity contribution in [2.45, 2.75) is 25.9 Å². The molecule has 1 aromatic heterocycles. The molecule has 2 rings (SSSR count). The molecular formula is C19H31IN6. The lowest BCUT2D eigenvalue weighted by Crippen LogP contribution is -2.41. The lowest BCUT2D eigenvalue weighted by Gasteiger charge is -2.26. The summed E-state index contributed by atoms with van der Waals surface area (Å²) in [7, 11) is 7.94. The van der Waals surface area contributed by atoms with Gasteiger partial charge in [-0.1, -0.05) is 31.2 Å². The van der Waals surface area contributed by atoms with Crippen LogP contribution in [0, 0.1) is 0 Å². The smallest absolute Gasteiger partial charge is 0.191 e. The average Bonchev–Trinajstić information content (AvgIpc) is 3.03. The van der Waals surface area contributed by atoms with E-state index in [1.165, 1.54) is 11.1 Å². The number of rotatable bonds is 7. The molecule has 0 aliphatic carbocycles. The van der Waals surface area contributed by atoms with E-state index in [4.69, 9.17) is 0 Å². The van der Waals surface area contributed by atoms with Crippen LogP contribution in [0.25, 0.3) is 0 Å². The zero-order chi connectivity index (χ0) is 18.2. The third kappa shape index (κ3) is 6.28. The average molecular weight is 470 g/mol. The molecule has 0 fully saturated rings. The summed E-state index contributed by atoms with van der Waals surface area (Å²) in [5.41, 5.74) is 3.78. The normalized spacial score (nSPS) is 12.6. The summed E-state index contributed by atoms with van der Waals surface area (Å²) in [6, 6.07) is 11.1. The Labute approximate surface area is 174 Å². The molecule has 1 atom stereocenters. The fourth-order valence-electron chi connectivity index (χ4n) is 2.74. The third-order valence-electron chi connectivity index (χ3n) is 4.44. The van der Waals surface area contributed by atoms with Gasteiger partial charge in [-0.2, -0.15) is 5.10 Å². The monoisotopic (exact) mass is 470 g/mol. The third-order valence-corrected chi connectivity index (χ3v) is 4.44. The van der Waals surface area contributed by atoms with E-state index in [1.54, 1.807) is 13.2 Å². The molecule has 1 aromatic carbocycles. The lowest BCUT2D eigenvalue weighted by atomic mass is 10.0. The van der Waals surface area contributed by atoms with Gasteiger partial charge in [-0.3, -0.25) is 9.67 Å². The molecule has 2 N–H and O–H groups in total. The van der Waals surface area contributed by atoms with Gasteiger partial charge in [0.25, 0.3) is 0 Å². The van der Waals surface area contributed by atoms with Crippen molar-refractivity contribution in [1.29, 1.82) is 0 Å². The molecule has 0 aliphatic heterocycles. The van der Waals surface area contributed by atoms with Gasteiger partial charge in [-0.15, -0.1) is 24.0 Å². The van der Waals surface area contributed by atoms with Crippen LogP contribution in [0.5, 0.6) is 0 Å². The van der Waals surface area contributed by atoms with Crippen LogP contribution in [0.1, 0.15) is 29.8 Å². The Kier molecular flexibility index (Phi) is 9.64. The minimum absolute atomic E-state index is 0. The SMILES string of the molecule is CCc1ccc(C(CNC(=NC)NCc2ccnn2C)N(C)C)cc1.I. The Morgan fingerprint density at radius 2 is 1.88 bits per heavy atom. The zero-order valence-corrected chi connectivity index (χ0v) is 18.7. The van der Waals surface area contributed by atoms with Gasteiger partial charge < -0.3 is 15.5 Å². The maximum absolute atomic E-state index is 4.32. The second kappa shape index (κ2) is 11.2. The number of halogens is 1. The first-order chi connectivity index (χ1) is 12.0. The summed E-state index contributed by atoms with van der Waals surface area (Å²) in [4.78, 5) is 6.54. The first-order valence-electron chi connectivity index (χ1n) is 8.71.